The molecule has 0 saturated carbocycles. The summed E-state index contributed by atoms with van der Waals surface area (Å²) in [6, 6.07) is 7.91. The summed E-state index contributed by atoms with van der Waals surface area (Å²) in [5.74, 6) is -0.775. The molecule has 0 spiro atoms. The summed E-state index contributed by atoms with van der Waals surface area (Å²) in [5.41, 5.74) is 3.90. The maximum atomic E-state index is 12.5. The normalized spacial score (nSPS) is 26.3. The fraction of sp³-hybridized carbons (Fsp3) is 0.526. The molecule has 2 aliphatic rings. The molecule has 4 amide bonds. The van der Waals surface area contributed by atoms with Crippen molar-refractivity contribution in [1.82, 2.24) is 20.7 Å². The van der Waals surface area contributed by atoms with Crippen molar-refractivity contribution < 1.29 is 14.4 Å². The molecule has 26 heavy (non-hydrogen) atoms. The lowest BCUT2D eigenvalue weighted by molar-refractivity contribution is -0.139. The second-order valence-corrected chi connectivity index (χ2v) is 7.33. The van der Waals surface area contributed by atoms with Crippen molar-refractivity contribution >= 4 is 17.8 Å². The van der Waals surface area contributed by atoms with Gasteiger partial charge in [0.05, 0.1) is 6.54 Å². The van der Waals surface area contributed by atoms with E-state index in [1.165, 1.54) is 11.1 Å². The van der Waals surface area contributed by atoms with Crippen LogP contribution in [0.5, 0.6) is 0 Å². The molecule has 2 saturated heterocycles. The first-order chi connectivity index (χ1) is 12.3. The van der Waals surface area contributed by atoms with Crippen molar-refractivity contribution in [2.45, 2.75) is 51.6 Å². The monoisotopic (exact) mass is 358 g/mol. The van der Waals surface area contributed by atoms with Crippen molar-refractivity contribution in [3.8, 4) is 0 Å². The zero-order chi connectivity index (χ0) is 18.9. The quantitative estimate of drug-likeness (QED) is 0.788. The highest BCUT2D eigenvalue weighted by Gasteiger charge is 2.47. The predicted molar refractivity (Wildman–Crippen MR) is 96.9 cm³/mol. The van der Waals surface area contributed by atoms with Crippen molar-refractivity contribution in [2.24, 2.45) is 0 Å². The van der Waals surface area contributed by atoms with Crippen molar-refractivity contribution in [2.75, 3.05) is 13.1 Å². The molecule has 2 atom stereocenters. The Hall–Kier alpha value is -2.41. The summed E-state index contributed by atoms with van der Waals surface area (Å²) >= 11 is 0. The lowest BCUT2D eigenvalue weighted by Gasteiger charge is -2.25. The van der Waals surface area contributed by atoms with Gasteiger partial charge in [-0.15, -0.1) is 0 Å². The number of carbonyl (C=O) groups is 3. The minimum Gasteiger partial charge on any atom is -0.322 e. The van der Waals surface area contributed by atoms with E-state index in [-0.39, 0.29) is 18.5 Å². The molecule has 1 aromatic rings. The second-order valence-electron chi connectivity index (χ2n) is 7.33. The average Bonchev–Trinajstić information content (AvgIpc) is 3.14. The van der Waals surface area contributed by atoms with Crippen LogP contribution in [0.1, 0.15) is 50.3 Å². The van der Waals surface area contributed by atoms with Gasteiger partial charge in [0.2, 0.25) is 0 Å². The van der Waals surface area contributed by atoms with Crippen LogP contribution in [0.15, 0.2) is 24.3 Å². The summed E-state index contributed by atoms with van der Waals surface area (Å²) in [7, 11) is 0. The minimum atomic E-state index is -0.956. The second kappa shape index (κ2) is 7.07. The molecule has 1 aromatic carbocycles. The van der Waals surface area contributed by atoms with Gasteiger partial charge in [0, 0.05) is 6.04 Å². The van der Waals surface area contributed by atoms with Gasteiger partial charge in [0.25, 0.3) is 11.8 Å². The van der Waals surface area contributed by atoms with Gasteiger partial charge in [-0.3, -0.25) is 19.9 Å². The number of amides is 4. The van der Waals surface area contributed by atoms with Crippen LogP contribution in [0.4, 0.5) is 4.79 Å². The number of likely N-dealkylation sites (tertiary alicyclic amines) is 1. The number of rotatable bonds is 5. The van der Waals surface area contributed by atoms with Gasteiger partial charge in [-0.2, -0.15) is 5.01 Å². The van der Waals surface area contributed by atoms with Gasteiger partial charge >= 0.3 is 6.03 Å². The Labute approximate surface area is 153 Å². The van der Waals surface area contributed by atoms with E-state index in [0.29, 0.717) is 6.42 Å². The van der Waals surface area contributed by atoms with Crippen molar-refractivity contribution in [3.63, 3.8) is 0 Å². The maximum absolute atomic E-state index is 12.5. The van der Waals surface area contributed by atoms with E-state index < -0.39 is 17.5 Å². The van der Waals surface area contributed by atoms with Gasteiger partial charge in [0.1, 0.15) is 5.54 Å². The standard InChI is InChI=1S/C19H26N4O3/c1-4-19(3)17(25)23(18(26)20-19)21-16(24)12-22-10-6-9-15(22)14-8-5-7-13(2)11-14/h5,7-8,11,15H,4,6,9-10,12H2,1-3H3,(H,20,26)(H,21,24). The summed E-state index contributed by atoms with van der Waals surface area (Å²) < 4.78 is 0. The minimum absolute atomic E-state index is 0.151. The molecular weight excluding hydrogens is 332 g/mol. The smallest absolute Gasteiger partial charge is 0.322 e. The molecule has 0 bridgehead atoms. The van der Waals surface area contributed by atoms with E-state index in [1.807, 2.05) is 13.0 Å². The predicted octanol–water partition coefficient (Wildman–Crippen LogP) is 1.88. The Morgan fingerprint density at radius 3 is 2.81 bits per heavy atom. The Morgan fingerprint density at radius 1 is 1.38 bits per heavy atom. The van der Waals surface area contributed by atoms with E-state index in [4.69, 9.17) is 0 Å². The molecule has 0 radical (unpaired) electrons. The number of hydrogen-bond donors (Lipinski definition) is 2. The number of hydrogen-bond acceptors (Lipinski definition) is 4. The molecule has 2 fully saturated rings. The summed E-state index contributed by atoms with van der Waals surface area (Å²) in [5, 5.41) is 3.44. The van der Waals surface area contributed by atoms with Crippen LogP contribution >= 0.6 is 0 Å². The maximum Gasteiger partial charge on any atom is 0.344 e. The fourth-order valence-electron chi connectivity index (χ4n) is 3.64. The zero-order valence-electron chi connectivity index (χ0n) is 15.5. The van der Waals surface area contributed by atoms with Crippen LogP contribution in [0.25, 0.3) is 0 Å². The molecule has 7 heteroatoms. The van der Waals surface area contributed by atoms with Gasteiger partial charge in [-0.05, 0) is 45.2 Å². The summed E-state index contributed by atoms with van der Waals surface area (Å²) in [4.78, 5) is 39.0. The van der Waals surface area contributed by atoms with Gasteiger partial charge in [0.15, 0.2) is 0 Å². The molecular formula is C19H26N4O3. The number of hydrazine groups is 1. The first-order valence-electron chi connectivity index (χ1n) is 9.11. The number of benzene rings is 1. The van der Waals surface area contributed by atoms with Crippen LogP contribution in [-0.4, -0.2) is 46.4 Å². The molecule has 2 aliphatic heterocycles. The zero-order valence-corrected chi connectivity index (χ0v) is 15.5. The van der Waals surface area contributed by atoms with E-state index in [1.54, 1.807) is 6.92 Å². The molecule has 2 N–H and O–H groups in total. The van der Waals surface area contributed by atoms with Crippen LogP contribution in [0.3, 0.4) is 0 Å². The number of imide groups is 1. The lowest BCUT2D eigenvalue weighted by atomic mass is 10.00. The highest BCUT2D eigenvalue weighted by atomic mass is 16.2. The fourth-order valence-corrected chi connectivity index (χ4v) is 3.64. The van der Waals surface area contributed by atoms with Crippen molar-refractivity contribution in [1.29, 1.82) is 0 Å². The van der Waals surface area contributed by atoms with Crippen LogP contribution < -0.4 is 10.7 Å². The molecule has 2 heterocycles. The molecule has 7 nitrogen and oxygen atoms in total. The third-order valence-electron chi connectivity index (χ3n) is 5.34. The van der Waals surface area contributed by atoms with E-state index >= 15 is 0 Å². The van der Waals surface area contributed by atoms with Crippen LogP contribution in [0.2, 0.25) is 0 Å². The number of urea groups is 1. The van der Waals surface area contributed by atoms with E-state index in [9.17, 15) is 14.4 Å². The Bertz CT molecular complexity index is 735. The van der Waals surface area contributed by atoms with Crippen molar-refractivity contribution in [3.05, 3.63) is 35.4 Å². The highest BCUT2D eigenvalue weighted by molar-refractivity contribution is 6.07. The van der Waals surface area contributed by atoms with Gasteiger partial charge < -0.3 is 5.32 Å². The number of nitrogens with zero attached hydrogens (tertiary/aromatic N) is 2. The van der Waals surface area contributed by atoms with E-state index in [0.717, 1.165) is 24.4 Å². The Morgan fingerprint density at radius 2 is 2.15 bits per heavy atom. The first kappa shape index (κ1) is 18.4. The number of nitrogens with one attached hydrogen (secondary N) is 2. The topological polar surface area (TPSA) is 81.8 Å². The third-order valence-corrected chi connectivity index (χ3v) is 5.34. The number of carbonyl (C=O) groups excluding carboxylic acids is 3. The lowest BCUT2D eigenvalue weighted by Crippen LogP contribution is -2.51. The van der Waals surface area contributed by atoms with Crippen LogP contribution in [0, 0.1) is 6.92 Å². The Kier molecular flexibility index (Phi) is 5.00. The first-order valence-corrected chi connectivity index (χ1v) is 9.11. The van der Waals surface area contributed by atoms with Gasteiger partial charge in [-0.25, -0.2) is 4.79 Å². The summed E-state index contributed by atoms with van der Waals surface area (Å²) in [6.45, 7) is 6.50. The Balaban J connectivity index is 1.64. The van der Waals surface area contributed by atoms with E-state index in [2.05, 4.69) is 40.8 Å². The van der Waals surface area contributed by atoms with Gasteiger partial charge in [-0.1, -0.05) is 36.8 Å². The number of aryl methyl sites for hydroxylation is 1. The largest absolute Gasteiger partial charge is 0.344 e. The highest BCUT2D eigenvalue weighted by Crippen LogP contribution is 2.31. The molecule has 140 valence electrons. The van der Waals surface area contributed by atoms with Crippen LogP contribution in [-0.2, 0) is 9.59 Å². The SMILES string of the molecule is CCC1(C)NC(=O)N(NC(=O)CN2CCCC2c2cccc(C)c2)C1=O. The third kappa shape index (κ3) is 3.44. The molecule has 0 aromatic heterocycles. The average molecular weight is 358 g/mol. The molecule has 2 unspecified atom stereocenters. The molecule has 0 aliphatic carbocycles. The summed E-state index contributed by atoms with van der Waals surface area (Å²) in [6.07, 6.45) is 2.47. The molecule has 3 rings (SSSR count).